The Morgan fingerprint density at radius 1 is 1.14 bits per heavy atom. The predicted molar refractivity (Wildman–Crippen MR) is 113 cm³/mol. The van der Waals surface area contributed by atoms with Gasteiger partial charge < -0.3 is 0 Å². The molecule has 0 aliphatic heterocycles. The van der Waals surface area contributed by atoms with E-state index in [4.69, 9.17) is 23.2 Å². The van der Waals surface area contributed by atoms with Gasteiger partial charge in [0.1, 0.15) is 16.8 Å². The van der Waals surface area contributed by atoms with Crippen LogP contribution in [-0.4, -0.2) is 4.57 Å². The topological polar surface area (TPSA) is 69.6 Å². The van der Waals surface area contributed by atoms with Crippen LogP contribution in [0.15, 0.2) is 47.3 Å². The van der Waals surface area contributed by atoms with Gasteiger partial charge in [0.2, 0.25) is 0 Å². The summed E-state index contributed by atoms with van der Waals surface area (Å²) >= 11 is 13.1. The van der Waals surface area contributed by atoms with Crippen LogP contribution in [0.4, 0.5) is 0 Å². The zero-order chi connectivity index (χ0) is 20.3. The summed E-state index contributed by atoms with van der Waals surface area (Å²) in [7, 11) is 0. The molecule has 138 valence electrons. The Hall–Kier alpha value is -2.83. The second-order valence-corrected chi connectivity index (χ2v) is 7.66. The average molecular weight is 426 g/mol. The highest BCUT2D eigenvalue weighted by Crippen LogP contribution is 2.22. The summed E-state index contributed by atoms with van der Waals surface area (Å²) in [5.74, 6) is 0. The van der Waals surface area contributed by atoms with E-state index in [1.807, 2.05) is 43.3 Å². The smallest absolute Gasteiger partial charge is 0.267 e. The first-order valence-electron chi connectivity index (χ1n) is 8.31. The van der Waals surface area contributed by atoms with Crippen LogP contribution >= 0.6 is 34.5 Å². The van der Waals surface area contributed by atoms with Gasteiger partial charge in [0.05, 0.1) is 20.3 Å². The lowest BCUT2D eigenvalue weighted by atomic mass is 10.1. The Morgan fingerprint density at radius 3 is 2.50 bits per heavy atom. The molecule has 0 N–H and O–H groups in total. The minimum atomic E-state index is -0.296. The van der Waals surface area contributed by atoms with Crippen molar-refractivity contribution >= 4 is 46.2 Å². The van der Waals surface area contributed by atoms with Gasteiger partial charge >= 0.3 is 0 Å². The number of halogens is 2. The zero-order valence-electron chi connectivity index (χ0n) is 14.7. The van der Waals surface area contributed by atoms with Crippen molar-refractivity contribution in [2.45, 2.75) is 13.3 Å². The van der Waals surface area contributed by atoms with Crippen LogP contribution in [0.2, 0.25) is 10.0 Å². The van der Waals surface area contributed by atoms with Crippen molar-refractivity contribution < 1.29 is 0 Å². The Morgan fingerprint density at radius 2 is 1.86 bits per heavy atom. The summed E-state index contributed by atoms with van der Waals surface area (Å²) in [6.07, 6.45) is 2.38. The van der Waals surface area contributed by atoms with E-state index in [1.165, 1.54) is 4.57 Å². The van der Waals surface area contributed by atoms with E-state index in [9.17, 15) is 15.3 Å². The first kappa shape index (κ1) is 19.9. The summed E-state index contributed by atoms with van der Waals surface area (Å²) in [4.78, 5) is 13.2. The SMILES string of the molecule is CCc1ccccc1-n1c(=C(C#N)C#N)s/c(=C/c2ccc(Cl)c(Cl)c2)c1=O. The minimum absolute atomic E-state index is 0.109. The van der Waals surface area contributed by atoms with Crippen LogP contribution in [0, 0.1) is 22.7 Å². The second kappa shape index (κ2) is 8.46. The van der Waals surface area contributed by atoms with Crippen molar-refractivity contribution in [1.82, 2.24) is 4.57 Å². The van der Waals surface area contributed by atoms with Gasteiger partial charge in [0, 0.05) is 0 Å². The lowest BCUT2D eigenvalue weighted by Crippen LogP contribution is -2.31. The molecule has 28 heavy (non-hydrogen) atoms. The fourth-order valence-electron chi connectivity index (χ4n) is 2.77. The fourth-order valence-corrected chi connectivity index (χ4v) is 4.13. The molecule has 0 spiro atoms. The van der Waals surface area contributed by atoms with Crippen LogP contribution in [0.1, 0.15) is 18.1 Å². The summed E-state index contributed by atoms with van der Waals surface area (Å²) < 4.78 is 2.14. The highest BCUT2D eigenvalue weighted by Gasteiger charge is 2.13. The molecule has 0 fully saturated rings. The van der Waals surface area contributed by atoms with Gasteiger partial charge in [-0.1, -0.05) is 54.4 Å². The minimum Gasteiger partial charge on any atom is -0.267 e. The lowest BCUT2D eigenvalue weighted by Gasteiger charge is -2.08. The van der Waals surface area contributed by atoms with Gasteiger partial charge in [-0.15, -0.1) is 11.3 Å². The molecule has 0 saturated carbocycles. The summed E-state index contributed by atoms with van der Waals surface area (Å²) in [6.45, 7) is 1.98. The molecule has 4 nitrogen and oxygen atoms in total. The average Bonchev–Trinajstić information content (AvgIpc) is 3.01. The first-order chi connectivity index (χ1) is 13.5. The van der Waals surface area contributed by atoms with Crippen LogP contribution in [-0.2, 0) is 6.42 Å². The molecule has 0 atom stereocenters. The molecule has 0 radical (unpaired) electrons. The molecular weight excluding hydrogens is 413 g/mol. The third kappa shape index (κ3) is 3.74. The molecule has 0 bridgehead atoms. The molecule has 0 unspecified atom stereocenters. The molecule has 3 rings (SSSR count). The van der Waals surface area contributed by atoms with Gasteiger partial charge in [-0.3, -0.25) is 9.36 Å². The van der Waals surface area contributed by atoms with Crippen molar-refractivity contribution in [3.05, 3.63) is 83.2 Å². The Bertz CT molecular complexity index is 1310. The van der Waals surface area contributed by atoms with Crippen molar-refractivity contribution in [1.29, 1.82) is 10.5 Å². The molecule has 0 aliphatic rings. The van der Waals surface area contributed by atoms with Crippen LogP contribution in [0.3, 0.4) is 0 Å². The van der Waals surface area contributed by atoms with E-state index >= 15 is 0 Å². The maximum absolute atomic E-state index is 13.2. The highest BCUT2D eigenvalue weighted by molar-refractivity contribution is 7.07. The van der Waals surface area contributed by atoms with Crippen LogP contribution in [0.25, 0.3) is 17.3 Å². The fraction of sp³-hybridized carbons (Fsp3) is 0.0952. The maximum atomic E-state index is 13.2. The molecule has 0 amide bonds. The summed E-state index contributed by atoms with van der Waals surface area (Å²) in [5, 5.41) is 19.5. The quantitative estimate of drug-likeness (QED) is 0.640. The number of benzene rings is 2. The molecule has 2 aromatic carbocycles. The monoisotopic (exact) mass is 425 g/mol. The third-order valence-electron chi connectivity index (χ3n) is 4.12. The molecule has 1 heterocycles. The van der Waals surface area contributed by atoms with Crippen LogP contribution < -0.4 is 14.8 Å². The van der Waals surface area contributed by atoms with E-state index < -0.39 is 0 Å². The first-order valence-corrected chi connectivity index (χ1v) is 9.88. The van der Waals surface area contributed by atoms with Gasteiger partial charge in [-0.05, 0) is 41.8 Å². The molecule has 7 heteroatoms. The number of hydrogen-bond acceptors (Lipinski definition) is 4. The van der Waals surface area contributed by atoms with Crippen molar-refractivity contribution in [3.63, 3.8) is 0 Å². The number of hydrogen-bond donors (Lipinski definition) is 0. The largest absolute Gasteiger partial charge is 0.273 e. The number of aryl methyl sites for hydroxylation is 1. The van der Waals surface area contributed by atoms with Crippen molar-refractivity contribution in [2.75, 3.05) is 0 Å². The number of nitrogens with zero attached hydrogens (tertiary/aromatic N) is 3. The predicted octanol–water partition coefficient (Wildman–Crippen LogP) is 3.79. The second-order valence-electron chi connectivity index (χ2n) is 5.81. The van der Waals surface area contributed by atoms with E-state index in [2.05, 4.69) is 0 Å². The summed E-state index contributed by atoms with van der Waals surface area (Å²) in [5.41, 5.74) is 1.90. The zero-order valence-corrected chi connectivity index (χ0v) is 17.1. The Labute approximate surface area is 175 Å². The molecule has 0 aliphatic carbocycles. The van der Waals surface area contributed by atoms with E-state index in [0.717, 1.165) is 16.9 Å². The number of aromatic nitrogens is 1. The molecular formula is C21H13Cl2N3OS. The molecule has 3 aromatic rings. The number of rotatable bonds is 3. The van der Waals surface area contributed by atoms with Gasteiger partial charge in [0.15, 0.2) is 5.57 Å². The van der Waals surface area contributed by atoms with Gasteiger partial charge in [0.25, 0.3) is 5.56 Å². The third-order valence-corrected chi connectivity index (χ3v) is 5.95. The normalized spacial score (nSPS) is 11.1. The number of thiazole rings is 1. The number of para-hydroxylation sites is 1. The standard InChI is InChI=1S/C21H13Cl2N3OS/c1-2-14-5-3-4-6-18(14)26-20(27)19(28-21(26)15(11-24)12-25)10-13-7-8-16(22)17(23)9-13/h3-10H,2H2,1H3/b19-10+. The number of nitriles is 2. The highest BCUT2D eigenvalue weighted by atomic mass is 35.5. The molecule has 0 saturated heterocycles. The Balaban J connectivity index is 2.41. The lowest BCUT2D eigenvalue weighted by molar-refractivity contribution is 0.953. The van der Waals surface area contributed by atoms with Crippen LogP contribution in [0.5, 0.6) is 0 Å². The maximum Gasteiger partial charge on any atom is 0.273 e. The van der Waals surface area contributed by atoms with Gasteiger partial charge in [-0.2, -0.15) is 10.5 Å². The summed E-state index contributed by atoms with van der Waals surface area (Å²) in [6, 6.07) is 16.3. The van der Waals surface area contributed by atoms with E-state index in [0.29, 0.717) is 36.9 Å². The van der Waals surface area contributed by atoms with Gasteiger partial charge in [-0.25, -0.2) is 0 Å². The van der Waals surface area contributed by atoms with E-state index in [1.54, 1.807) is 24.3 Å². The van der Waals surface area contributed by atoms with Crippen molar-refractivity contribution in [2.24, 2.45) is 0 Å². The molecule has 1 aromatic heterocycles. The Kier molecular flexibility index (Phi) is 6.02. The van der Waals surface area contributed by atoms with Crippen molar-refractivity contribution in [3.8, 4) is 17.8 Å². The van der Waals surface area contributed by atoms with E-state index in [-0.39, 0.29) is 11.1 Å².